The number of phenols is 1. The molecule has 0 unspecified atom stereocenters. The molecule has 2 aliphatic heterocycles. The Labute approximate surface area is 392 Å². The van der Waals surface area contributed by atoms with Crippen LogP contribution < -0.4 is 36.0 Å². The maximum Gasteiger partial charge on any atom is 0.347 e. The molecule has 0 spiro atoms. The van der Waals surface area contributed by atoms with E-state index in [2.05, 4.69) is 20.9 Å². The van der Waals surface area contributed by atoms with Gasteiger partial charge in [0.05, 0.1) is 65.6 Å². The fourth-order valence-electron chi connectivity index (χ4n) is 10.3. The molecule has 4 atom stereocenters. The van der Waals surface area contributed by atoms with Crippen molar-refractivity contribution < 1.29 is 28.9 Å². The number of ether oxygens (including phenoxy) is 3. The van der Waals surface area contributed by atoms with Crippen molar-refractivity contribution in [2.24, 2.45) is 25.4 Å². The first kappa shape index (κ1) is 43.5. The molecular weight excluding hydrogens is 956 g/mol. The molecule has 7 aromatic rings. The van der Waals surface area contributed by atoms with Crippen molar-refractivity contribution in [3.8, 4) is 33.6 Å². The summed E-state index contributed by atoms with van der Waals surface area (Å²) in [5.74, 6) is -1.67. The number of benzene rings is 3. The van der Waals surface area contributed by atoms with Gasteiger partial charge in [-0.05, 0) is 88.6 Å². The van der Waals surface area contributed by atoms with Crippen LogP contribution in [0.3, 0.4) is 0 Å². The predicted molar refractivity (Wildman–Crippen MR) is 251 cm³/mol. The number of hydrogen-bond donors (Lipinski definition) is 1. The highest BCUT2D eigenvalue weighted by Crippen LogP contribution is 2.62. The Morgan fingerprint density at radius 1 is 0.955 bits per heavy atom. The number of aryl methyl sites for hydroxylation is 4. The van der Waals surface area contributed by atoms with E-state index in [1.54, 1.807) is 51.4 Å². The van der Waals surface area contributed by atoms with Gasteiger partial charge in [-0.1, -0.05) is 17.7 Å². The highest BCUT2D eigenvalue weighted by molar-refractivity contribution is 9.10. The molecule has 4 aromatic heterocycles. The van der Waals surface area contributed by atoms with Gasteiger partial charge in [0.25, 0.3) is 5.56 Å². The highest BCUT2D eigenvalue weighted by atomic mass is 79.9. The SMILES string of the molecule is COc1cc2nc(CCn3c(=O)n4n(c3=O)[C@@H]3C[C@H]5C(=O)N(c6cc(-c7sc8ccc(Cl)cc8c7C)nn6C)C(=O)[C@@]5(C)[C@@H](c5cc(Br)c(O)c(OC)c5)C3=CC4)c(=O)n(C)c2cc1OC. The van der Waals surface area contributed by atoms with E-state index < -0.39 is 52.0 Å². The number of halogens is 2. The minimum Gasteiger partial charge on any atom is -0.503 e. The molecule has 6 heterocycles. The third kappa shape index (κ3) is 6.18. The summed E-state index contributed by atoms with van der Waals surface area (Å²) in [5.41, 5.74) is 0.775. The standard InChI is InChI=1S/C46H42BrClN8O9S/c1-21-25-16-23(48)8-9-36(25)66-40(21)30-19-37(52(4)50-30)55-41(58)26-17-31-24(38(46(26,2)43(55)60)22-14-27(47)39(57)35(15-22)65-7)10-13-54-44(61)53(45(62)56(31)54)12-11-28-42(59)51(3)32-20-34(64-6)33(63-5)18-29(32)49-28/h8-10,14-16,18-20,26,31,38,57H,11-13,17H2,1-7H3/t26-,31+,38-,46+/m0/s1. The first-order valence-electron chi connectivity index (χ1n) is 20.9. The van der Waals surface area contributed by atoms with Gasteiger partial charge in [-0.2, -0.15) is 5.10 Å². The smallest absolute Gasteiger partial charge is 0.347 e. The van der Waals surface area contributed by atoms with Crippen molar-refractivity contribution in [2.75, 3.05) is 26.2 Å². The highest BCUT2D eigenvalue weighted by Gasteiger charge is 2.66. The molecule has 0 radical (unpaired) electrons. The molecule has 1 N–H and O–H groups in total. The average molecular weight is 998 g/mol. The van der Waals surface area contributed by atoms with Gasteiger partial charge >= 0.3 is 11.4 Å². The Kier molecular flexibility index (Phi) is 10.3. The van der Waals surface area contributed by atoms with E-state index in [0.29, 0.717) is 48.9 Å². The van der Waals surface area contributed by atoms with E-state index in [9.17, 15) is 19.5 Å². The van der Waals surface area contributed by atoms with Gasteiger partial charge in [0, 0.05) is 60.9 Å². The number of aromatic hydroxyl groups is 1. The van der Waals surface area contributed by atoms with Crippen molar-refractivity contribution in [3.63, 3.8) is 0 Å². The molecule has 3 aliphatic rings. The van der Waals surface area contributed by atoms with Gasteiger partial charge in [0.1, 0.15) is 17.2 Å². The molecule has 1 saturated carbocycles. The summed E-state index contributed by atoms with van der Waals surface area (Å²) < 4.78 is 24.5. The Morgan fingerprint density at radius 3 is 2.41 bits per heavy atom. The minimum absolute atomic E-state index is 0.0125. The molecule has 2 fully saturated rings. The lowest BCUT2D eigenvalue weighted by atomic mass is 9.56. The molecular formula is C46H42BrClN8O9S. The van der Waals surface area contributed by atoms with Crippen LogP contribution in [0.1, 0.15) is 42.1 Å². The van der Waals surface area contributed by atoms with Crippen LogP contribution >= 0.6 is 38.9 Å². The van der Waals surface area contributed by atoms with E-state index in [1.807, 2.05) is 31.2 Å². The van der Waals surface area contributed by atoms with Crippen molar-refractivity contribution in [3.05, 3.63) is 118 Å². The predicted octanol–water partition coefficient (Wildman–Crippen LogP) is 6.24. The fraction of sp³-hybridized carbons (Fsp3) is 0.326. The molecule has 17 nitrogen and oxygen atoms in total. The first-order valence-corrected chi connectivity index (χ1v) is 22.9. The Bertz CT molecular complexity index is 3490. The van der Waals surface area contributed by atoms with Crippen molar-refractivity contribution in [1.29, 1.82) is 0 Å². The number of methoxy groups -OCH3 is 3. The third-order valence-corrected chi connectivity index (χ3v) is 15.8. The zero-order valence-corrected chi connectivity index (χ0v) is 39.9. The summed E-state index contributed by atoms with van der Waals surface area (Å²) in [6.45, 7) is 3.56. The van der Waals surface area contributed by atoms with Crippen LogP contribution in [0.5, 0.6) is 23.0 Å². The first-order chi connectivity index (χ1) is 31.5. The number of imide groups is 1. The van der Waals surface area contributed by atoms with Crippen LogP contribution in [0.15, 0.2) is 79.0 Å². The second kappa shape index (κ2) is 15.6. The van der Waals surface area contributed by atoms with Gasteiger partial charge in [-0.25, -0.2) is 33.4 Å². The fourth-order valence-corrected chi connectivity index (χ4v) is 12.1. The van der Waals surface area contributed by atoms with Gasteiger partial charge in [-0.3, -0.25) is 19.1 Å². The summed E-state index contributed by atoms with van der Waals surface area (Å²) in [6, 6.07) is 13.2. The molecule has 10 rings (SSSR count). The van der Waals surface area contributed by atoms with Crippen LogP contribution in [-0.4, -0.2) is 71.5 Å². The van der Waals surface area contributed by atoms with Gasteiger partial charge in [0.15, 0.2) is 23.0 Å². The van der Waals surface area contributed by atoms with Gasteiger partial charge in [-0.15, -0.1) is 11.3 Å². The molecule has 0 bridgehead atoms. The third-order valence-electron chi connectivity index (χ3n) is 13.7. The lowest BCUT2D eigenvalue weighted by Gasteiger charge is -2.47. The van der Waals surface area contributed by atoms with Crippen LogP contribution in [0, 0.1) is 18.3 Å². The quantitative estimate of drug-likeness (QED) is 0.128. The maximum atomic E-state index is 15.3. The Morgan fingerprint density at radius 2 is 1.68 bits per heavy atom. The lowest BCUT2D eigenvalue weighted by Crippen LogP contribution is -2.49. The second-order valence-corrected chi connectivity index (χ2v) is 19.3. The number of thiophene rings is 1. The molecule has 2 amide bonds. The van der Waals surface area contributed by atoms with Gasteiger partial charge < -0.3 is 23.9 Å². The zero-order chi connectivity index (χ0) is 46.8. The second-order valence-electron chi connectivity index (χ2n) is 17.0. The van der Waals surface area contributed by atoms with E-state index in [-0.39, 0.29) is 48.9 Å². The van der Waals surface area contributed by atoms with Gasteiger partial charge in [0.2, 0.25) is 11.8 Å². The number of amides is 2. The Balaban J connectivity index is 1.06. The minimum atomic E-state index is -1.42. The average Bonchev–Trinajstić information content (AvgIpc) is 3.97. The number of nitrogens with zero attached hydrogens (tertiary/aromatic N) is 8. The van der Waals surface area contributed by atoms with E-state index >= 15 is 9.59 Å². The number of rotatable bonds is 9. The van der Waals surface area contributed by atoms with Crippen molar-refractivity contribution in [1.82, 2.24) is 33.3 Å². The number of hydrogen-bond acceptors (Lipinski definition) is 12. The number of aromatic nitrogens is 7. The maximum absolute atomic E-state index is 15.3. The molecule has 66 heavy (non-hydrogen) atoms. The van der Waals surface area contributed by atoms with E-state index in [0.717, 1.165) is 25.1 Å². The van der Waals surface area contributed by atoms with Crippen LogP contribution in [-0.2, 0) is 43.2 Å². The van der Waals surface area contributed by atoms with Crippen molar-refractivity contribution >= 4 is 77.6 Å². The van der Waals surface area contributed by atoms with E-state index in [4.69, 9.17) is 30.9 Å². The number of carbonyl (C=O) groups is 2. The zero-order valence-electron chi connectivity index (χ0n) is 36.7. The number of fused-ring (bicyclic) bond motifs is 6. The Hall–Kier alpha value is -6.44. The normalized spacial score (nSPS) is 20.2. The molecule has 1 saturated heterocycles. The number of anilines is 1. The number of carbonyl (C=O) groups excluding carboxylic acids is 2. The van der Waals surface area contributed by atoms with Crippen molar-refractivity contribution in [2.45, 2.75) is 51.7 Å². The topological polar surface area (TPSA) is 187 Å². The monoisotopic (exact) mass is 996 g/mol. The van der Waals surface area contributed by atoms with Crippen LogP contribution in [0.25, 0.3) is 31.7 Å². The summed E-state index contributed by atoms with van der Waals surface area (Å²) in [6.07, 6.45) is 1.81. The largest absolute Gasteiger partial charge is 0.503 e. The van der Waals surface area contributed by atoms with Crippen LogP contribution in [0.4, 0.5) is 5.82 Å². The summed E-state index contributed by atoms with van der Waals surface area (Å²) in [4.78, 5) is 79.6. The molecule has 1 aliphatic carbocycles. The number of phenolic OH excluding ortho intramolecular Hbond substituents is 1. The molecule has 3 aromatic carbocycles. The summed E-state index contributed by atoms with van der Waals surface area (Å²) in [7, 11) is 7.69. The molecule has 340 valence electrons. The molecule has 20 heteroatoms. The van der Waals surface area contributed by atoms with E-state index in [1.165, 1.54) is 56.2 Å². The summed E-state index contributed by atoms with van der Waals surface area (Å²) >= 11 is 11.3. The van der Waals surface area contributed by atoms with Crippen LogP contribution in [0.2, 0.25) is 5.02 Å². The number of allylic oxidation sites excluding steroid dienone is 2. The summed E-state index contributed by atoms with van der Waals surface area (Å²) in [5, 5.41) is 17.3. The lowest BCUT2D eigenvalue weighted by molar-refractivity contribution is -0.129.